The topological polar surface area (TPSA) is 69.6 Å². The highest BCUT2D eigenvalue weighted by molar-refractivity contribution is 6.18. The first-order chi connectivity index (χ1) is 26.7. The molecule has 0 bridgehead atoms. The summed E-state index contributed by atoms with van der Waals surface area (Å²) in [5.41, 5.74) is 11.2. The third-order valence-corrected chi connectivity index (χ3v) is 10.3. The molecule has 0 fully saturated rings. The van der Waals surface area contributed by atoms with E-state index in [1.165, 1.54) is 0 Å². The lowest BCUT2D eigenvalue weighted by atomic mass is 9.98. The fourth-order valence-electron chi connectivity index (χ4n) is 7.68. The van der Waals surface area contributed by atoms with Crippen LogP contribution in [0.25, 0.3) is 105 Å². The van der Waals surface area contributed by atoms with Crippen LogP contribution in [0.1, 0.15) is 0 Å². The van der Waals surface area contributed by atoms with Crippen LogP contribution in [0.3, 0.4) is 0 Å². The molecule has 8 aromatic carbocycles. The zero-order chi connectivity index (χ0) is 35.6. The molecule has 0 saturated carbocycles. The Morgan fingerprint density at radius 3 is 2.06 bits per heavy atom. The Bertz CT molecular complexity index is 3220. The first-order valence-corrected chi connectivity index (χ1v) is 18.0. The van der Waals surface area contributed by atoms with Gasteiger partial charge in [0.15, 0.2) is 5.82 Å². The number of nitrogens with zero attached hydrogens (tertiary/aromatic N) is 5. The molecule has 6 nitrogen and oxygen atoms in total. The largest absolute Gasteiger partial charge is 0.456 e. The summed E-state index contributed by atoms with van der Waals surface area (Å²) in [6, 6.07) is 60.5. The first-order valence-electron chi connectivity index (χ1n) is 18.0. The average Bonchev–Trinajstić information content (AvgIpc) is 3.86. The molecule has 11 aromatic rings. The van der Waals surface area contributed by atoms with Crippen molar-refractivity contribution < 1.29 is 4.42 Å². The molecule has 0 saturated heterocycles. The monoisotopic (exact) mass is 691 g/mol. The lowest BCUT2D eigenvalue weighted by molar-refractivity contribution is 0.669. The average molecular weight is 692 g/mol. The first kappa shape index (κ1) is 30.2. The number of aromatic nitrogens is 5. The summed E-state index contributed by atoms with van der Waals surface area (Å²) in [7, 11) is 0. The maximum absolute atomic E-state index is 6.30. The summed E-state index contributed by atoms with van der Waals surface area (Å²) in [6.07, 6.45) is 0. The second-order valence-electron chi connectivity index (χ2n) is 13.5. The predicted octanol–water partition coefficient (Wildman–Crippen LogP) is 12.1. The highest BCUT2D eigenvalue weighted by atomic mass is 16.3. The fraction of sp³-hybridized carbons (Fsp3) is 0. The van der Waals surface area contributed by atoms with Crippen molar-refractivity contribution in [3.05, 3.63) is 176 Å². The van der Waals surface area contributed by atoms with Gasteiger partial charge in [0, 0.05) is 32.8 Å². The normalized spacial score (nSPS) is 11.7. The minimum Gasteiger partial charge on any atom is -0.456 e. The Hall–Kier alpha value is -7.44. The van der Waals surface area contributed by atoms with Gasteiger partial charge in [-0.25, -0.2) is 9.97 Å². The van der Waals surface area contributed by atoms with Gasteiger partial charge in [0.25, 0.3) is 0 Å². The molecule has 0 radical (unpaired) electrons. The smallest absolute Gasteiger partial charge is 0.160 e. The highest BCUT2D eigenvalue weighted by Gasteiger charge is 2.18. The molecule has 0 N–H and O–H groups in total. The molecule has 0 amide bonds. The SMILES string of the molecule is c1ccc(-c2cccc(-c3cc(-c4cccc5oc6ccccc6c45)nc(-c4ccc5c(ccc6ccc7nn(-c8ccccc8)nc7c65)c4)n3)c2)cc1. The second-order valence-corrected chi connectivity index (χ2v) is 13.5. The number of fused-ring (bicyclic) bond motifs is 8. The van der Waals surface area contributed by atoms with E-state index in [-0.39, 0.29) is 0 Å². The number of para-hydroxylation sites is 2. The van der Waals surface area contributed by atoms with Gasteiger partial charge < -0.3 is 4.42 Å². The number of hydrogen-bond donors (Lipinski definition) is 0. The Labute approximate surface area is 309 Å². The molecule has 3 aromatic heterocycles. The van der Waals surface area contributed by atoms with Crippen molar-refractivity contribution in [3.63, 3.8) is 0 Å². The van der Waals surface area contributed by atoms with Gasteiger partial charge in [-0.1, -0.05) is 127 Å². The summed E-state index contributed by atoms with van der Waals surface area (Å²) < 4.78 is 6.30. The van der Waals surface area contributed by atoms with Crippen molar-refractivity contribution in [1.82, 2.24) is 25.0 Å². The fourth-order valence-corrected chi connectivity index (χ4v) is 7.68. The lowest BCUT2D eigenvalue weighted by Crippen LogP contribution is -1.97. The van der Waals surface area contributed by atoms with E-state index >= 15 is 0 Å². The van der Waals surface area contributed by atoms with Gasteiger partial charge >= 0.3 is 0 Å². The van der Waals surface area contributed by atoms with Gasteiger partial charge in [0.1, 0.15) is 22.2 Å². The molecule has 0 unspecified atom stereocenters. The predicted molar refractivity (Wildman–Crippen MR) is 218 cm³/mol. The summed E-state index contributed by atoms with van der Waals surface area (Å²) in [5, 5.41) is 16.3. The van der Waals surface area contributed by atoms with Crippen LogP contribution in [0.5, 0.6) is 0 Å². The summed E-state index contributed by atoms with van der Waals surface area (Å²) in [6.45, 7) is 0. The van der Waals surface area contributed by atoms with E-state index in [9.17, 15) is 0 Å². The third-order valence-electron chi connectivity index (χ3n) is 10.3. The molecular formula is C48H29N5O. The van der Waals surface area contributed by atoms with E-state index < -0.39 is 0 Å². The van der Waals surface area contributed by atoms with Crippen LogP contribution in [0.15, 0.2) is 180 Å². The van der Waals surface area contributed by atoms with Gasteiger partial charge in [-0.3, -0.25) is 0 Å². The number of furan rings is 1. The van der Waals surface area contributed by atoms with Crippen molar-refractivity contribution in [2.45, 2.75) is 0 Å². The minimum atomic E-state index is 0.646. The van der Waals surface area contributed by atoms with Crippen molar-refractivity contribution in [2.75, 3.05) is 0 Å². The van der Waals surface area contributed by atoms with Crippen molar-refractivity contribution in [3.8, 4) is 50.7 Å². The van der Waals surface area contributed by atoms with Crippen LogP contribution in [-0.4, -0.2) is 25.0 Å². The summed E-state index contributed by atoms with van der Waals surface area (Å²) in [4.78, 5) is 12.3. The molecule has 0 spiro atoms. The van der Waals surface area contributed by atoms with Crippen molar-refractivity contribution in [1.29, 1.82) is 0 Å². The molecule has 54 heavy (non-hydrogen) atoms. The Balaban J connectivity index is 1.11. The van der Waals surface area contributed by atoms with Crippen LogP contribution >= 0.6 is 0 Å². The maximum Gasteiger partial charge on any atom is 0.160 e. The number of benzene rings is 8. The van der Waals surface area contributed by atoms with Crippen LogP contribution in [-0.2, 0) is 0 Å². The van der Waals surface area contributed by atoms with Crippen LogP contribution in [0, 0.1) is 0 Å². The molecule has 0 aliphatic carbocycles. The van der Waals surface area contributed by atoms with Crippen molar-refractivity contribution in [2.24, 2.45) is 0 Å². The highest BCUT2D eigenvalue weighted by Crippen LogP contribution is 2.39. The van der Waals surface area contributed by atoms with Gasteiger partial charge in [-0.15, -0.1) is 10.2 Å². The van der Waals surface area contributed by atoms with Gasteiger partial charge in [0.2, 0.25) is 0 Å². The molecule has 252 valence electrons. The summed E-state index contributed by atoms with van der Waals surface area (Å²) in [5.74, 6) is 0.646. The zero-order valence-electron chi connectivity index (χ0n) is 28.9. The molecule has 3 heterocycles. The molecule has 0 aliphatic heterocycles. The molecule has 11 rings (SSSR count). The van der Waals surface area contributed by atoms with Crippen LogP contribution in [0.2, 0.25) is 0 Å². The Morgan fingerprint density at radius 1 is 0.426 bits per heavy atom. The number of rotatable bonds is 5. The summed E-state index contributed by atoms with van der Waals surface area (Å²) >= 11 is 0. The van der Waals surface area contributed by atoms with Gasteiger partial charge in [-0.2, -0.15) is 4.80 Å². The van der Waals surface area contributed by atoms with Gasteiger partial charge in [-0.05, 0) is 75.8 Å². The maximum atomic E-state index is 6.30. The third kappa shape index (κ3) is 4.96. The van der Waals surface area contributed by atoms with Gasteiger partial charge in [0.05, 0.1) is 17.1 Å². The molecule has 0 aliphatic rings. The Morgan fingerprint density at radius 2 is 1.15 bits per heavy atom. The standard InChI is InChI=1S/C48H29N5O/c1-3-11-30(12-4-1)32-13-9-14-34(27-32)41-29-42(38-18-10-20-44-46(38)39-17-7-8-19-43(39)54-44)50-48(49-41)35-23-25-37-33(28-35)22-21-31-24-26-40-47(45(31)37)52-53(51-40)36-15-5-2-6-16-36/h1-29H. The van der Waals surface area contributed by atoms with Crippen molar-refractivity contribution >= 4 is 54.5 Å². The van der Waals surface area contributed by atoms with E-state index in [1.54, 1.807) is 4.80 Å². The minimum absolute atomic E-state index is 0.646. The second kappa shape index (κ2) is 12.1. The van der Waals surface area contributed by atoms with E-state index in [4.69, 9.17) is 24.6 Å². The molecule has 6 heteroatoms. The molecule has 0 atom stereocenters. The Kier molecular flexibility index (Phi) is 6.75. The zero-order valence-corrected chi connectivity index (χ0v) is 28.9. The van der Waals surface area contributed by atoms with E-state index in [1.807, 2.05) is 66.7 Å². The van der Waals surface area contributed by atoms with E-state index in [0.717, 1.165) is 99.4 Å². The van der Waals surface area contributed by atoms with Crippen LogP contribution in [0.4, 0.5) is 0 Å². The van der Waals surface area contributed by atoms with E-state index in [0.29, 0.717) is 5.82 Å². The molecular weight excluding hydrogens is 663 g/mol. The van der Waals surface area contributed by atoms with Crippen LogP contribution < -0.4 is 0 Å². The quantitative estimate of drug-likeness (QED) is 0.168. The van der Waals surface area contributed by atoms with E-state index in [2.05, 4.69) is 109 Å². The number of hydrogen-bond acceptors (Lipinski definition) is 5. The lowest BCUT2D eigenvalue weighted by Gasteiger charge is -2.12.